The third kappa shape index (κ3) is 7.75. The number of nitrogens with one attached hydrogen (secondary N) is 1. The molecule has 1 amide bonds. The number of carbonyl (C=O) groups is 1. The second kappa shape index (κ2) is 15.4. The van der Waals surface area contributed by atoms with Crippen LogP contribution in [0.4, 0.5) is 0 Å². The Hall–Kier alpha value is -4.47. The lowest BCUT2D eigenvalue weighted by Gasteiger charge is -2.41. The smallest absolute Gasteiger partial charge is 0.253 e. The molecule has 0 spiro atoms. The molecule has 5 aromatic rings. The van der Waals surface area contributed by atoms with E-state index in [1.165, 1.54) is 0 Å². The quantitative estimate of drug-likeness (QED) is 0.142. The number of rotatable bonds is 11. The number of benzene rings is 4. The molecule has 0 aliphatic carbocycles. The number of nitrogens with zero attached hydrogens (tertiary/aromatic N) is 1. The lowest BCUT2D eigenvalue weighted by atomic mass is 9.91. The molecule has 1 aromatic heterocycles. The van der Waals surface area contributed by atoms with Crippen molar-refractivity contribution in [1.82, 2.24) is 10.3 Å². The molecule has 8 heteroatoms. The van der Waals surface area contributed by atoms with Crippen LogP contribution in [0.25, 0.3) is 11.1 Å². The number of methoxy groups -OCH3 is 1. The summed E-state index contributed by atoms with van der Waals surface area (Å²) in [5, 5.41) is 12.6. The molecule has 4 aromatic carbocycles. The number of pyridine rings is 1. The summed E-state index contributed by atoms with van der Waals surface area (Å²) in [5.41, 5.74) is 6.44. The fourth-order valence-electron chi connectivity index (χ4n) is 5.77. The highest BCUT2D eigenvalue weighted by molar-refractivity contribution is 7.99. The van der Waals surface area contributed by atoms with Gasteiger partial charge in [-0.25, -0.2) is 0 Å². The van der Waals surface area contributed by atoms with E-state index in [0.29, 0.717) is 12.1 Å². The van der Waals surface area contributed by atoms with Gasteiger partial charge in [0.15, 0.2) is 6.29 Å². The Balaban J connectivity index is 1.22. The van der Waals surface area contributed by atoms with Crippen LogP contribution in [0.2, 0.25) is 0 Å². The number of para-hydroxylation sites is 1. The number of amides is 1. The molecule has 0 bridgehead atoms. The van der Waals surface area contributed by atoms with Gasteiger partial charge in [-0.3, -0.25) is 9.78 Å². The van der Waals surface area contributed by atoms with E-state index in [1.54, 1.807) is 43.4 Å². The van der Waals surface area contributed by atoms with Crippen molar-refractivity contribution >= 4 is 17.7 Å². The largest absolute Gasteiger partial charge is 0.496 e. The van der Waals surface area contributed by atoms with Gasteiger partial charge in [0.05, 0.1) is 31.5 Å². The molecule has 0 radical (unpaired) electrons. The summed E-state index contributed by atoms with van der Waals surface area (Å²) in [4.78, 5) is 17.8. The van der Waals surface area contributed by atoms with Crippen LogP contribution in [0.15, 0.2) is 126 Å². The summed E-state index contributed by atoms with van der Waals surface area (Å²) >= 11 is 1.72. The van der Waals surface area contributed by atoms with Crippen LogP contribution >= 0.6 is 11.8 Å². The molecule has 1 aliphatic rings. The summed E-state index contributed by atoms with van der Waals surface area (Å²) in [6, 6.07) is 35.8. The van der Waals surface area contributed by atoms with E-state index in [0.717, 1.165) is 49.8 Å². The Labute approximate surface area is 279 Å². The molecule has 1 saturated heterocycles. The lowest BCUT2D eigenvalue weighted by Crippen LogP contribution is -2.38. The summed E-state index contributed by atoms with van der Waals surface area (Å²) in [7, 11) is 1.69. The second-order valence-electron chi connectivity index (χ2n) is 11.5. The molecule has 240 valence electrons. The Kier molecular flexibility index (Phi) is 10.6. The molecule has 7 nitrogen and oxygen atoms in total. The van der Waals surface area contributed by atoms with Crippen LogP contribution in [-0.2, 0) is 22.6 Å². The molecule has 1 aliphatic heterocycles. The Morgan fingerprint density at radius 1 is 0.894 bits per heavy atom. The van der Waals surface area contributed by atoms with Gasteiger partial charge in [0, 0.05) is 41.1 Å². The third-order valence-corrected chi connectivity index (χ3v) is 9.61. The molecule has 4 atom stereocenters. The van der Waals surface area contributed by atoms with Gasteiger partial charge in [0.25, 0.3) is 5.91 Å². The molecule has 1 fully saturated rings. The minimum atomic E-state index is -0.569. The van der Waals surface area contributed by atoms with Crippen LogP contribution < -0.4 is 10.1 Å². The normalized spacial score (nSPS) is 19.2. The van der Waals surface area contributed by atoms with Gasteiger partial charge in [0.1, 0.15) is 5.75 Å². The number of carbonyl (C=O) groups excluding carboxylic acids is 1. The first-order valence-corrected chi connectivity index (χ1v) is 16.7. The minimum absolute atomic E-state index is 0.00236. The molecule has 2 N–H and O–H groups in total. The van der Waals surface area contributed by atoms with Crippen LogP contribution in [0.5, 0.6) is 5.75 Å². The average Bonchev–Trinajstić information content (AvgIpc) is 3.14. The van der Waals surface area contributed by atoms with Gasteiger partial charge >= 0.3 is 0 Å². The number of aromatic nitrogens is 1. The first kappa shape index (κ1) is 32.5. The van der Waals surface area contributed by atoms with Gasteiger partial charge in [-0.05, 0) is 52.1 Å². The Morgan fingerprint density at radius 3 is 2.38 bits per heavy atom. The molecule has 47 heavy (non-hydrogen) atoms. The van der Waals surface area contributed by atoms with E-state index in [9.17, 15) is 9.90 Å². The topological polar surface area (TPSA) is 89.9 Å². The highest BCUT2D eigenvalue weighted by atomic mass is 32.2. The van der Waals surface area contributed by atoms with Crippen molar-refractivity contribution in [3.8, 4) is 16.9 Å². The minimum Gasteiger partial charge on any atom is -0.496 e. The molecular formula is C39H38N2O5S. The van der Waals surface area contributed by atoms with E-state index in [4.69, 9.17) is 14.2 Å². The van der Waals surface area contributed by atoms with Crippen molar-refractivity contribution in [1.29, 1.82) is 0 Å². The van der Waals surface area contributed by atoms with Crippen molar-refractivity contribution in [3.05, 3.63) is 149 Å². The highest BCUT2D eigenvalue weighted by Crippen LogP contribution is 2.44. The van der Waals surface area contributed by atoms with Gasteiger partial charge in [-0.15, -0.1) is 11.8 Å². The zero-order chi connectivity index (χ0) is 32.6. The van der Waals surface area contributed by atoms with Crippen molar-refractivity contribution in [3.63, 3.8) is 0 Å². The first-order chi connectivity index (χ1) is 23.0. The van der Waals surface area contributed by atoms with E-state index < -0.39 is 6.29 Å². The standard InChI is InChI=1S/C39H38N2O5S/c1-26-35(25-47-36-12-6-5-11-34(36)44-2)45-39(46-37(26)29-15-13-27(24-42)14-16-29)30-19-17-28(18-20-30)33-10-4-3-8-31(33)23-41-38(43)32-9-7-21-40-22-32/h3-22,26,35,37,39,42H,23-25H2,1-2H3,(H,41,43). The fourth-order valence-corrected chi connectivity index (χ4v) is 6.96. The van der Waals surface area contributed by atoms with E-state index in [1.807, 2.05) is 60.7 Å². The zero-order valence-corrected chi connectivity index (χ0v) is 27.2. The Morgan fingerprint density at radius 2 is 1.64 bits per heavy atom. The van der Waals surface area contributed by atoms with Crippen LogP contribution in [0, 0.1) is 5.92 Å². The number of hydrogen-bond donors (Lipinski definition) is 2. The van der Waals surface area contributed by atoms with Gasteiger partial charge < -0.3 is 24.6 Å². The summed E-state index contributed by atoms with van der Waals surface area (Å²) < 4.78 is 18.9. The van der Waals surface area contributed by atoms with Gasteiger partial charge in [-0.2, -0.15) is 0 Å². The number of thioether (sulfide) groups is 1. The molecule has 2 heterocycles. The number of aliphatic hydroxyl groups is 1. The second-order valence-corrected chi connectivity index (χ2v) is 12.5. The first-order valence-electron chi connectivity index (χ1n) is 15.7. The highest BCUT2D eigenvalue weighted by Gasteiger charge is 2.38. The fraction of sp³-hybridized carbons (Fsp3) is 0.231. The number of ether oxygens (including phenoxy) is 3. The van der Waals surface area contributed by atoms with Crippen molar-refractivity contribution < 1.29 is 24.1 Å². The van der Waals surface area contributed by atoms with E-state index in [-0.39, 0.29) is 30.6 Å². The SMILES string of the molecule is COc1ccccc1SCC1OC(c2ccc(-c3ccccc3CNC(=O)c3cccnc3)cc2)OC(c2ccc(CO)cc2)C1C. The van der Waals surface area contributed by atoms with Crippen molar-refractivity contribution in [2.75, 3.05) is 12.9 Å². The summed E-state index contributed by atoms with van der Waals surface area (Å²) in [6.07, 6.45) is 2.34. The maximum Gasteiger partial charge on any atom is 0.253 e. The third-order valence-electron chi connectivity index (χ3n) is 8.47. The van der Waals surface area contributed by atoms with Crippen LogP contribution in [0.1, 0.15) is 51.9 Å². The molecule has 4 unspecified atom stereocenters. The van der Waals surface area contributed by atoms with Crippen molar-refractivity contribution in [2.45, 2.75) is 43.5 Å². The van der Waals surface area contributed by atoms with E-state index in [2.05, 4.69) is 53.6 Å². The number of aliphatic hydroxyl groups excluding tert-OH is 1. The molecule has 0 saturated carbocycles. The predicted octanol–water partition coefficient (Wildman–Crippen LogP) is 7.76. The van der Waals surface area contributed by atoms with Gasteiger partial charge in [0.2, 0.25) is 0 Å². The predicted molar refractivity (Wildman–Crippen MR) is 184 cm³/mol. The summed E-state index contributed by atoms with van der Waals surface area (Å²) in [5.74, 6) is 1.48. The molecular weight excluding hydrogens is 609 g/mol. The van der Waals surface area contributed by atoms with Crippen molar-refractivity contribution in [2.24, 2.45) is 5.92 Å². The lowest BCUT2D eigenvalue weighted by molar-refractivity contribution is -0.268. The average molecular weight is 647 g/mol. The molecule has 6 rings (SSSR count). The summed E-state index contributed by atoms with van der Waals surface area (Å²) in [6.45, 7) is 2.56. The number of hydrogen-bond acceptors (Lipinski definition) is 7. The maximum atomic E-state index is 12.7. The van der Waals surface area contributed by atoms with Crippen LogP contribution in [-0.4, -0.2) is 35.0 Å². The zero-order valence-electron chi connectivity index (χ0n) is 26.4. The Bertz CT molecular complexity index is 1770. The maximum absolute atomic E-state index is 12.7. The van der Waals surface area contributed by atoms with E-state index >= 15 is 0 Å². The monoisotopic (exact) mass is 646 g/mol. The van der Waals surface area contributed by atoms with Gasteiger partial charge in [-0.1, -0.05) is 91.9 Å². The van der Waals surface area contributed by atoms with Crippen LogP contribution in [0.3, 0.4) is 0 Å².